The molecule has 0 fully saturated rings. The molecular weight excluding hydrogens is 283 g/mol. The van der Waals surface area contributed by atoms with Crippen molar-refractivity contribution in [2.45, 2.75) is 13.1 Å². The van der Waals surface area contributed by atoms with Gasteiger partial charge in [0, 0.05) is 18.9 Å². The van der Waals surface area contributed by atoms with Crippen LogP contribution in [0.15, 0.2) is 30.5 Å². The molecule has 0 spiro atoms. The quantitative estimate of drug-likeness (QED) is 0.868. The zero-order chi connectivity index (χ0) is 15.6. The summed E-state index contributed by atoms with van der Waals surface area (Å²) in [5, 5.41) is 0. The number of methoxy groups -OCH3 is 1. The van der Waals surface area contributed by atoms with E-state index < -0.39 is 17.6 Å². The van der Waals surface area contributed by atoms with Gasteiger partial charge < -0.3 is 9.64 Å². The summed E-state index contributed by atoms with van der Waals surface area (Å²) in [6.45, 7) is 1.95. The SMILES string of the molecule is COc1nc(N(C)c2ccc(C)cc2)ncc1C(F)(F)F. The molecule has 2 aromatic rings. The van der Waals surface area contributed by atoms with Crippen molar-refractivity contribution in [3.63, 3.8) is 0 Å². The van der Waals surface area contributed by atoms with Crippen LogP contribution in [0.25, 0.3) is 0 Å². The molecule has 1 aromatic carbocycles. The minimum atomic E-state index is -4.55. The first-order valence-corrected chi connectivity index (χ1v) is 6.11. The summed E-state index contributed by atoms with van der Waals surface area (Å²) in [6, 6.07) is 7.46. The molecule has 1 aromatic heterocycles. The number of hydrogen-bond acceptors (Lipinski definition) is 4. The number of benzene rings is 1. The number of anilines is 2. The standard InChI is InChI=1S/C14H14F3N3O/c1-9-4-6-10(7-5-9)20(2)13-18-8-11(14(15,16)17)12(19-13)21-3/h4-8H,1-3H3. The largest absolute Gasteiger partial charge is 0.480 e. The van der Waals surface area contributed by atoms with Crippen molar-refractivity contribution in [3.05, 3.63) is 41.6 Å². The van der Waals surface area contributed by atoms with Gasteiger partial charge in [0.1, 0.15) is 5.56 Å². The van der Waals surface area contributed by atoms with Gasteiger partial charge in [0.2, 0.25) is 11.8 Å². The molecule has 0 aliphatic carbocycles. The predicted octanol–water partition coefficient (Wildman–Crippen LogP) is 3.58. The first-order chi connectivity index (χ1) is 9.82. The predicted molar refractivity (Wildman–Crippen MR) is 72.8 cm³/mol. The Labute approximate surface area is 120 Å². The molecule has 0 bridgehead atoms. The normalized spacial score (nSPS) is 11.3. The van der Waals surface area contributed by atoms with E-state index in [0.29, 0.717) is 0 Å². The molecule has 0 amide bonds. The lowest BCUT2D eigenvalue weighted by molar-refractivity contribution is -0.139. The Kier molecular flexibility index (Phi) is 4.02. The third kappa shape index (κ3) is 3.24. The molecule has 7 heteroatoms. The lowest BCUT2D eigenvalue weighted by Gasteiger charge is -2.19. The highest BCUT2D eigenvalue weighted by Gasteiger charge is 2.36. The van der Waals surface area contributed by atoms with Crippen LogP contribution >= 0.6 is 0 Å². The summed E-state index contributed by atoms with van der Waals surface area (Å²) in [5.74, 6) is -0.366. The van der Waals surface area contributed by atoms with Crippen molar-refractivity contribution < 1.29 is 17.9 Å². The molecule has 0 unspecified atom stereocenters. The van der Waals surface area contributed by atoms with Gasteiger partial charge in [0.25, 0.3) is 0 Å². The van der Waals surface area contributed by atoms with E-state index in [9.17, 15) is 13.2 Å². The van der Waals surface area contributed by atoms with Crippen LogP contribution in [0, 0.1) is 6.92 Å². The summed E-state index contributed by atoms with van der Waals surface area (Å²) in [6.07, 6.45) is -3.82. The molecule has 0 N–H and O–H groups in total. The van der Waals surface area contributed by atoms with E-state index in [2.05, 4.69) is 9.97 Å². The maximum Gasteiger partial charge on any atom is 0.423 e. The van der Waals surface area contributed by atoms with Gasteiger partial charge in [-0.3, -0.25) is 0 Å². The molecule has 0 aliphatic heterocycles. The van der Waals surface area contributed by atoms with Gasteiger partial charge >= 0.3 is 6.18 Å². The van der Waals surface area contributed by atoms with Crippen LogP contribution < -0.4 is 9.64 Å². The smallest absolute Gasteiger partial charge is 0.423 e. The molecular formula is C14H14F3N3O. The van der Waals surface area contributed by atoms with Gasteiger partial charge in [-0.15, -0.1) is 0 Å². The zero-order valence-electron chi connectivity index (χ0n) is 11.8. The number of hydrogen-bond donors (Lipinski definition) is 0. The minimum absolute atomic E-state index is 0.128. The molecule has 0 radical (unpaired) electrons. The molecule has 0 atom stereocenters. The van der Waals surface area contributed by atoms with Crippen LogP contribution in [-0.2, 0) is 6.18 Å². The number of alkyl halides is 3. The topological polar surface area (TPSA) is 38.2 Å². The molecule has 21 heavy (non-hydrogen) atoms. The fourth-order valence-corrected chi connectivity index (χ4v) is 1.75. The van der Waals surface area contributed by atoms with Crippen LogP contribution in [0.2, 0.25) is 0 Å². The fourth-order valence-electron chi connectivity index (χ4n) is 1.75. The second-order valence-corrected chi connectivity index (χ2v) is 4.49. The third-order valence-electron chi connectivity index (χ3n) is 2.96. The number of nitrogens with zero attached hydrogens (tertiary/aromatic N) is 3. The van der Waals surface area contributed by atoms with Crippen molar-refractivity contribution in [1.82, 2.24) is 9.97 Å². The van der Waals surface area contributed by atoms with E-state index in [1.54, 1.807) is 11.9 Å². The average Bonchev–Trinajstić information content (AvgIpc) is 2.45. The number of rotatable bonds is 3. The zero-order valence-corrected chi connectivity index (χ0v) is 11.8. The Balaban J connectivity index is 2.38. The monoisotopic (exact) mass is 297 g/mol. The van der Waals surface area contributed by atoms with Crippen LogP contribution in [0.1, 0.15) is 11.1 Å². The van der Waals surface area contributed by atoms with Crippen LogP contribution in [-0.4, -0.2) is 24.1 Å². The number of aryl methyl sites for hydroxylation is 1. The van der Waals surface area contributed by atoms with Gasteiger partial charge in [0.15, 0.2) is 0 Å². The lowest BCUT2D eigenvalue weighted by Crippen LogP contribution is -2.16. The third-order valence-corrected chi connectivity index (χ3v) is 2.96. The van der Waals surface area contributed by atoms with Gasteiger partial charge in [0.05, 0.1) is 7.11 Å². The van der Waals surface area contributed by atoms with Crippen molar-refractivity contribution >= 4 is 11.6 Å². The fraction of sp³-hybridized carbons (Fsp3) is 0.286. The molecule has 4 nitrogen and oxygen atoms in total. The molecule has 0 saturated heterocycles. The van der Waals surface area contributed by atoms with Crippen LogP contribution in [0.5, 0.6) is 5.88 Å². The summed E-state index contributed by atoms with van der Waals surface area (Å²) in [7, 11) is 2.82. The average molecular weight is 297 g/mol. The van der Waals surface area contributed by atoms with E-state index in [-0.39, 0.29) is 5.95 Å². The Morgan fingerprint density at radius 1 is 1.14 bits per heavy atom. The van der Waals surface area contributed by atoms with Gasteiger partial charge in [-0.25, -0.2) is 4.98 Å². The van der Waals surface area contributed by atoms with Gasteiger partial charge in [-0.1, -0.05) is 17.7 Å². The van der Waals surface area contributed by atoms with Crippen molar-refractivity contribution in [2.24, 2.45) is 0 Å². The van der Waals surface area contributed by atoms with E-state index in [1.807, 2.05) is 31.2 Å². The summed E-state index contributed by atoms with van der Waals surface area (Å²) in [4.78, 5) is 9.18. The lowest BCUT2D eigenvalue weighted by atomic mass is 10.2. The number of halogens is 3. The van der Waals surface area contributed by atoms with Crippen LogP contribution in [0.3, 0.4) is 0 Å². The highest BCUT2D eigenvalue weighted by atomic mass is 19.4. The number of aromatic nitrogens is 2. The van der Waals surface area contributed by atoms with Crippen molar-refractivity contribution in [3.8, 4) is 5.88 Å². The highest BCUT2D eigenvalue weighted by Crippen LogP contribution is 2.35. The van der Waals surface area contributed by atoms with Crippen molar-refractivity contribution in [2.75, 3.05) is 19.1 Å². The van der Waals surface area contributed by atoms with E-state index in [0.717, 1.165) is 24.6 Å². The second-order valence-electron chi connectivity index (χ2n) is 4.49. The van der Waals surface area contributed by atoms with Crippen LogP contribution in [0.4, 0.5) is 24.8 Å². The molecule has 2 rings (SSSR count). The first-order valence-electron chi connectivity index (χ1n) is 6.11. The maximum absolute atomic E-state index is 12.8. The Morgan fingerprint density at radius 3 is 2.29 bits per heavy atom. The summed E-state index contributed by atoms with van der Waals surface area (Å²) < 4.78 is 43.0. The van der Waals surface area contributed by atoms with Gasteiger partial charge in [-0.05, 0) is 19.1 Å². The first kappa shape index (κ1) is 15.1. The molecule has 0 aliphatic rings. The maximum atomic E-state index is 12.8. The van der Waals surface area contributed by atoms with Gasteiger partial charge in [-0.2, -0.15) is 18.2 Å². The Hall–Kier alpha value is -2.31. The van der Waals surface area contributed by atoms with E-state index >= 15 is 0 Å². The van der Waals surface area contributed by atoms with Crippen molar-refractivity contribution in [1.29, 1.82) is 0 Å². The highest BCUT2D eigenvalue weighted by molar-refractivity contribution is 5.57. The minimum Gasteiger partial charge on any atom is -0.480 e. The Bertz CT molecular complexity index is 626. The van der Waals surface area contributed by atoms with E-state index in [4.69, 9.17) is 4.74 Å². The summed E-state index contributed by atoms with van der Waals surface area (Å²) >= 11 is 0. The molecule has 0 saturated carbocycles. The van der Waals surface area contributed by atoms with E-state index in [1.165, 1.54) is 0 Å². The number of ether oxygens (including phenoxy) is 1. The second kappa shape index (κ2) is 5.59. The Morgan fingerprint density at radius 2 is 1.76 bits per heavy atom. The molecule has 112 valence electrons. The molecule has 1 heterocycles. The summed E-state index contributed by atoms with van der Waals surface area (Å²) in [5.41, 5.74) is 0.853.